The molecule has 2 aromatic carbocycles. The molecule has 0 unspecified atom stereocenters. The third-order valence-corrected chi connectivity index (χ3v) is 7.31. The van der Waals surface area contributed by atoms with Gasteiger partial charge < -0.3 is 42.2 Å². The van der Waals surface area contributed by atoms with Gasteiger partial charge in [0, 0.05) is 24.3 Å². The van der Waals surface area contributed by atoms with Crippen molar-refractivity contribution in [1.82, 2.24) is 10.6 Å². The van der Waals surface area contributed by atoms with Crippen LogP contribution >= 0.6 is 0 Å². The number of hydrogen-bond acceptors (Lipinski definition) is 9. The maximum absolute atomic E-state index is 12.6. The molecule has 0 heterocycles. The summed E-state index contributed by atoms with van der Waals surface area (Å²) in [7, 11) is 1.43. The lowest BCUT2D eigenvalue weighted by Gasteiger charge is -2.46. The molecule has 0 aliphatic heterocycles. The maximum atomic E-state index is 12.6. The van der Waals surface area contributed by atoms with E-state index in [1.54, 1.807) is 26.0 Å². The van der Waals surface area contributed by atoms with Crippen molar-refractivity contribution in [3.05, 3.63) is 58.9 Å². The summed E-state index contributed by atoms with van der Waals surface area (Å²) in [6.45, 7) is 5.54. The minimum absolute atomic E-state index is 0.0155. The molecule has 0 spiro atoms. The largest absolute Gasteiger partial charge is 0.507 e. The van der Waals surface area contributed by atoms with Crippen LogP contribution in [0.25, 0.3) is 0 Å². The first-order valence-electron chi connectivity index (χ1n) is 12.3. The highest BCUT2D eigenvalue weighted by atomic mass is 19.1. The molecule has 4 atom stereocenters. The molecule has 1 fully saturated rings. The number of aliphatic hydroxyl groups is 2. The zero-order valence-electron chi connectivity index (χ0n) is 22.7. The standard InChI is InChI=1S/C19H29N3O6.C8H8FNO/c1-5-19(22-16(25)21-4)13(20)9-18(27,17(19,3)26)10-28-15(24)14-11(2)7-6-8-12(14)23;1-5(11)6-2-7(9)4-8(10)3-6/h6-8,13,23,26-27H,5,9-10,20H2,1-4H3,(H2,21,22,25);2-4H,10H2,1H3/t13-,17-,18-,19-;/m0./s1. The van der Waals surface area contributed by atoms with E-state index in [2.05, 4.69) is 10.6 Å². The highest BCUT2D eigenvalue weighted by Crippen LogP contribution is 2.47. The molecule has 0 bridgehead atoms. The van der Waals surface area contributed by atoms with Crippen molar-refractivity contribution < 1.29 is 38.8 Å². The van der Waals surface area contributed by atoms with E-state index in [1.165, 1.54) is 45.2 Å². The number of phenols is 1. The smallest absolute Gasteiger partial charge is 0.342 e. The van der Waals surface area contributed by atoms with E-state index in [0.29, 0.717) is 11.1 Å². The van der Waals surface area contributed by atoms with Crippen molar-refractivity contribution in [2.45, 2.75) is 63.3 Å². The van der Waals surface area contributed by atoms with Gasteiger partial charge in [-0.25, -0.2) is 14.0 Å². The minimum atomic E-state index is -1.91. The first-order valence-corrected chi connectivity index (χ1v) is 12.3. The Morgan fingerprint density at radius 3 is 2.36 bits per heavy atom. The fourth-order valence-electron chi connectivity index (χ4n) is 4.88. The molecule has 214 valence electrons. The van der Waals surface area contributed by atoms with Crippen LogP contribution < -0.4 is 22.1 Å². The van der Waals surface area contributed by atoms with E-state index >= 15 is 0 Å². The summed E-state index contributed by atoms with van der Waals surface area (Å²) in [5.74, 6) is -1.73. The summed E-state index contributed by atoms with van der Waals surface area (Å²) in [6.07, 6.45) is 0.133. The van der Waals surface area contributed by atoms with Gasteiger partial charge in [-0.15, -0.1) is 0 Å². The summed E-state index contributed by atoms with van der Waals surface area (Å²) in [6, 6.07) is 7.04. The van der Waals surface area contributed by atoms with Gasteiger partial charge in [-0.1, -0.05) is 19.1 Å². The highest BCUT2D eigenvalue weighted by molar-refractivity contribution is 5.95. The molecule has 3 rings (SSSR count). The van der Waals surface area contributed by atoms with Crippen LogP contribution in [0.15, 0.2) is 36.4 Å². The van der Waals surface area contributed by atoms with Gasteiger partial charge in [0.15, 0.2) is 5.78 Å². The van der Waals surface area contributed by atoms with Crippen LogP contribution in [0.2, 0.25) is 0 Å². The molecule has 1 aliphatic rings. The van der Waals surface area contributed by atoms with Crippen molar-refractivity contribution >= 4 is 23.5 Å². The molecule has 12 heteroatoms. The van der Waals surface area contributed by atoms with Crippen molar-refractivity contribution in [2.75, 3.05) is 19.4 Å². The topological polar surface area (TPSA) is 197 Å². The Morgan fingerprint density at radius 2 is 1.85 bits per heavy atom. The van der Waals surface area contributed by atoms with Gasteiger partial charge in [-0.3, -0.25) is 4.79 Å². The molecule has 39 heavy (non-hydrogen) atoms. The lowest BCUT2D eigenvalue weighted by atomic mass is 9.75. The van der Waals surface area contributed by atoms with Crippen LogP contribution in [0.1, 0.15) is 59.9 Å². The molecule has 2 aromatic rings. The van der Waals surface area contributed by atoms with Crippen molar-refractivity contribution in [3.63, 3.8) is 0 Å². The van der Waals surface area contributed by atoms with Gasteiger partial charge in [-0.2, -0.15) is 0 Å². The number of phenolic OH excluding ortho intramolecular Hbond substituents is 1. The summed E-state index contributed by atoms with van der Waals surface area (Å²) in [4.78, 5) is 35.1. The Labute approximate surface area is 226 Å². The number of carbonyl (C=O) groups excluding carboxylic acids is 3. The van der Waals surface area contributed by atoms with Gasteiger partial charge in [0.05, 0.1) is 5.54 Å². The second-order valence-electron chi connectivity index (χ2n) is 9.82. The number of ether oxygens (including phenoxy) is 1. The first kappa shape index (κ1) is 31.5. The normalized spacial score (nSPS) is 25.7. The number of ketones is 1. The first-order chi connectivity index (χ1) is 18.0. The fraction of sp³-hybridized carbons (Fsp3) is 0.444. The van der Waals surface area contributed by atoms with E-state index in [9.17, 15) is 34.1 Å². The Kier molecular flexibility index (Phi) is 9.66. The lowest BCUT2D eigenvalue weighted by molar-refractivity contribution is -0.169. The van der Waals surface area contributed by atoms with Gasteiger partial charge in [-0.05, 0) is 63.4 Å². The number of aromatic hydroxyl groups is 1. The predicted octanol–water partition coefficient (Wildman–Crippen LogP) is 1.76. The highest BCUT2D eigenvalue weighted by Gasteiger charge is 2.68. The van der Waals surface area contributed by atoms with Gasteiger partial charge in [0.2, 0.25) is 0 Å². The summed E-state index contributed by atoms with van der Waals surface area (Å²) in [5, 5.41) is 37.3. The van der Waals surface area contributed by atoms with E-state index in [-0.39, 0.29) is 35.6 Å². The monoisotopic (exact) mass is 548 g/mol. The number of nitrogens with two attached hydrogens (primary N) is 2. The van der Waals surface area contributed by atoms with Crippen molar-refractivity contribution in [3.8, 4) is 5.75 Å². The molecule has 1 saturated carbocycles. The number of halogens is 1. The number of nitrogens with one attached hydrogen (secondary N) is 2. The minimum Gasteiger partial charge on any atom is -0.507 e. The van der Waals surface area contributed by atoms with E-state index in [4.69, 9.17) is 16.2 Å². The number of Topliss-reactive ketones (excluding diaryl/α,β-unsaturated/α-hetero) is 1. The molecule has 1 aliphatic carbocycles. The second kappa shape index (κ2) is 12.0. The predicted molar refractivity (Wildman–Crippen MR) is 143 cm³/mol. The molecular weight excluding hydrogens is 511 g/mol. The van der Waals surface area contributed by atoms with Crippen molar-refractivity contribution in [1.29, 1.82) is 0 Å². The van der Waals surface area contributed by atoms with Crippen LogP contribution in [0.3, 0.4) is 0 Å². The number of amides is 2. The Morgan fingerprint density at radius 1 is 1.21 bits per heavy atom. The van der Waals surface area contributed by atoms with Gasteiger partial charge in [0.1, 0.15) is 34.9 Å². The third-order valence-electron chi connectivity index (χ3n) is 7.31. The number of urea groups is 1. The Balaban J connectivity index is 0.000000404. The van der Waals surface area contributed by atoms with Gasteiger partial charge in [0.25, 0.3) is 0 Å². The summed E-state index contributed by atoms with van der Waals surface area (Å²) in [5.41, 5.74) is 7.45. The van der Waals surface area contributed by atoms with Gasteiger partial charge >= 0.3 is 12.0 Å². The number of hydrogen-bond donors (Lipinski definition) is 7. The molecule has 2 amide bonds. The number of esters is 1. The van der Waals surface area contributed by atoms with Crippen LogP contribution in [0, 0.1) is 12.7 Å². The number of rotatable bonds is 6. The SMILES string of the molecule is CC(=O)c1cc(N)cc(F)c1.CC[C@]1(NC(=O)NC)[C@@H](N)C[C@](O)(COC(=O)c2c(C)cccc2O)[C@]1(C)O. The van der Waals surface area contributed by atoms with Crippen LogP contribution in [0.4, 0.5) is 14.9 Å². The zero-order valence-corrected chi connectivity index (χ0v) is 22.7. The quantitative estimate of drug-likeness (QED) is 0.160. The third kappa shape index (κ3) is 6.29. The summed E-state index contributed by atoms with van der Waals surface area (Å²) >= 11 is 0. The molecule has 0 aromatic heterocycles. The second-order valence-corrected chi connectivity index (χ2v) is 9.82. The number of benzene rings is 2. The molecule has 0 saturated heterocycles. The average molecular weight is 549 g/mol. The average Bonchev–Trinajstić information content (AvgIpc) is 2.99. The van der Waals surface area contributed by atoms with E-state index in [0.717, 1.165) is 0 Å². The lowest BCUT2D eigenvalue weighted by Crippen LogP contribution is -2.72. The number of nitrogen functional groups attached to an aromatic ring is 1. The fourth-order valence-corrected chi connectivity index (χ4v) is 4.88. The van der Waals surface area contributed by atoms with E-state index < -0.39 is 47.2 Å². The van der Waals surface area contributed by atoms with Crippen LogP contribution in [-0.4, -0.2) is 69.5 Å². The van der Waals surface area contributed by atoms with E-state index in [1.807, 2.05) is 0 Å². The summed E-state index contributed by atoms with van der Waals surface area (Å²) < 4.78 is 17.8. The number of anilines is 1. The van der Waals surface area contributed by atoms with Crippen LogP contribution in [0.5, 0.6) is 5.75 Å². The number of aryl methyl sites for hydroxylation is 1. The molecular formula is C27H37FN4O7. The molecule has 0 radical (unpaired) electrons. The molecule has 9 N–H and O–H groups in total. The Hall–Kier alpha value is -3.74. The zero-order chi connectivity index (χ0) is 29.8. The van der Waals surface area contributed by atoms with Crippen molar-refractivity contribution in [2.24, 2.45) is 5.73 Å². The Bertz CT molecular complexity index is 1200. The number of carbonyl (C=O) groups is 3. The molecule has 11 nitrogen and oxygen atoms in total. The maximum Gasteiger partial charge on any atom is 0.342 e. The van der Waals surface area contributed by atoms with Crippen LogP contribution in [-0.2, 0) is 4.74 Å².